The van der Waals surface area contributed by atoms with Crippen LogP contribution in [0.25, 0.3) is 0 Å². The lowest BCUT2D eigenvalue weighted by Crippen LogP contribution is -2.44. The normalized spacial score (nSPS) is 17.1. The molecule has 26 heavy (non-hydrogen) atoms. The minimum absolute atomic E-state index is 0. The Balaban J connectivity index is 0.00000243. The van der Waals surface area contributed by atoms with Gasteiger partial charge >= 0.3 is 0 Å². The number of hydrogen-bond acceptors (Lipinski definition) is 4. The minimum Gasteiger partial charge on any atom is -0.339 e. The van der Waals surface area contributed by atoms with E-state index < -0.39 is 0 Å². The highest BCUT2D eigenvalue weighted by Gasteiger charge is 2.36. The van der Waals surface area contributed by atoms with Crippen molar-refractivity contribution in [3.05, 3.63) is 34.9 Å². The lowest BCUT2D eigenvalue weighted by atomic mass is 10.0. The Labute approximate surface area is 160 Å². The van der Waals surface area contributed by atoms with Crippen molar-refractivity contribution in [2.24, 2.45) is 0 Å². The fourth-order valence-corrected chi connectivity index (χ4v) is 3.51. The molecule has 0 spiro atoms. The van der Waals surface area contributed by atoms with Gasteiger partial charge in [-0.15, -0.1) is 12.4 Å². The SMILES string of the molecule is CCCCN1C(=O)c2ccc(C(=O)N(C)C3CCNCC3)cc2C1=O.Cl. The molecule has 142 valence electrons. The Morgan fingerprint density at radius 3 is 2.50 bits per heavy atom. The molecule has 0 radical (unpaired) electrons. The van der Waals surface area contributed by atoms with E-state index in [1.165, 1.54) is 4.90 Å². The van der Waals surface area contributed by atoms with Gasteiger partial charge in [-0.2, -0.15) is 0 Å². The molecule has 0 atom stereocenters. The average molecular weight is 380 g/mol. The van der Waals surface area contributed by atoms with E-state index in [4.69, 9.17) is 0 Å². The van der Waals surface area contributed by atoms with Gasteiger partial charge in [0.05, 0.1) is 11.1 Å². The zero-order valence-corrected chi connectivity index (χ0v) is 16.1. The van der Waals surface area contributed by atoms with Crippen molar-refractivity contribution >= 4 is 30.1 Å². The van der Waals surface area contributed by atoms with Gasteiger partial charge in [0.15, 0.2) is 0 Å². The van der Waals surface area contributed by atoms with E-state index >= 15 is 0 Å². The largest absolute Gasteiger partial charge is 0.339 e. The van der Waals surface area contributed by atoms with Crippen LogP contribution >= 0.6 is 12.4 Å². The first-order chi connectivity index (χ1) is 12.0. The molecule has 1 aromatic carbocycles. The molecule has 0 saturated carbocycles. The number of unbranched alkanes of at least 4 members (excludes halogenated alkanes) is 1. The molecule has 2 aliphatic rings. The molecule has 6 nitrogen and oxygen atoms in total. The number of carbonyl (C=O) groups excluding carboxylic acids is 3. The molecule has 0 aliphatic carbocycles. The third-order valence-corrected chi connectivity index (χ3v) is 5.13. The third kappa shape index (κ3) is 3.76. The maximum Gasteiger partial charge on any atom is 0.261 e. The number of carbonyl (C=O) groups is 3. The van der Waals surface area contributed by atoms with Crippen molar-refractivity contribution in [3.8, 4) is 0 Å². The molecule has 1 N–H and O–H groups in total. The molecule has 1 aromatic rings. The van der Waals surface area contributed by atoms with Crippen molar-refractivity contribution in [1.82, 2.24) is 15.1 Å². The summed E-state index contributed by atoms with van der Waals surface area (Å²) in [7, 11) is 1.81. The second kappa shape index (κ2) is 8.64. The van der Waals surface area contributed by atoms with Crippen molar-refractivity contribution in [3.63, 3.8) is 0 Å². The maximum atomic E-state index is 12.8. The Morgan fingerprint density at radius 2 is 1.85 bits per heavy atom. The predicted molar refractivity (Wildman–Crippen MR) is 102 cm³/mol. The Morgan fingerprint density at radius 1 is 1.19 bits per heavy atom. The van der Waals surface area contributed by atoms with Crippen LogP contribution < -0.4 is 5.32 Å². The van der Waals surface area contributed by atoms with E-state index in [1.54, 1.807) is 23.1 Å². The Bertz CT molecular complexity index is 701. The molecule has 3 rings (SSSR count). The number of nitrogens with zero attached hydrogens (tertiary/aromatic N) is 2. The molecule has 1 saturated heterocycles. The van der Waals surface area contributed by atoms with Gasteiger partial charge in [0, 0.05) is 25.2 Å². The number of piperidine rings is 1. The lowest BCUT2D eigenvalue weighted by molar-refractivity contribution is 0.0651. The first-order valence-corrected chi connectivity index (χ1v) is 9.02. The molecule has 7 heteroatoms. The summed E-state index contributed by atoms with van der Waals surface area (Å²) >= 11 is 0. The number of nitrogens with one attached hydrogen (secondary N) is 1. The van der Waals surface area contributed by atoms with Gasteiger partial charge in [-0.25, -0.2) is 0 Å². The van der Waals surface area contributed by atoms with Crippen molar-refractivity contribution in [2.45, 2.75) is 38.6 Å². The number of fused-ring (bicyclic) bond motifs is 1. The second-order valence-corrected chi connectivity index (χ2v) is 6.77. The molecule has 0 aromatic heterocycles. The first-order valence-electron chi connectivity index (χ1n) is 9.02. The van der Waals surface area contributed by atoms with E-state index in [0.717, 1.165) is 38.8 Å². The Kier molecular flexibility index (Phi) is 6.78. The highest BCUT2D eigenvalue weighted by molar-refractivity contribution is 6.22. The fourth-order valence-electron chi connectivity index (χ4n) is 3.51. The number of rotatable bonds is 5. The zero-order valence-electron chi connectivity index (χ0n) is 15.3. The van der Waals surface area contributed by atoms with Crippen LogP contribution in [0.3, 0.4) is 0 Å². The summed E-state index contributed by atoms with van der Waals surface area (Å²) in [5.74, 6) is -0.631. The molecule has 0 bridgehead atoms. The van der Waals surface area contributed by atoms with Crippen molar-refractivity contribution in [1.29, 1.82) is 0 Å². The molecule has 3 amide bonds. The summed E-state index contributed by atoms with van der Waals surface area (Å²) in [6.45, 7) is 4.27. The number of amides is 3. The number of imide groups is 1. The van der Waals surface area contributed by atoms with Crippen LogP contribution in [0.15, 0.2) is 18.2 Å². The van der Waals surface area contributed by atoms with Gasteiger partial charge in [-0.3, -0.25) is 19.3 Å². The molecule has 0 unspecified atom stereocenters. The van der Waals surface area contributed by atoms with Gasteiger partial charge in [-0.05, 0) is 50.6 Å². The zero-order chi connectivity index (χ0) is 18.0. The van der Waals surface area contributed by atoms with Crippen molar-refractivity contribution in [2.75, 3.05) is 26.7 Å². The smallest absolute Gasteiger partial charge is 0.261 e. The summed E-state index contributed by atoms with van der Waals surface area (Å²) in [4.78, 5) is 40.7. The van der Waals surface area contributed by atoms with Gasteiger partial charge < -0.3 is 10.2 Å². The van der Waals surface area contributed by atoms with E-state index in [-0.39, 0.29) is 36.2 Å². The quantitative estimate of drug-likeness (QED) is 0.797. The van der Waals surface area contributed by atoms with Crippen LogP contribution in [0.2, 0.25) is 0 Å². The van der Waals surface area contributed by atoms with Gasteiger partial charge in [0.2, 0.25) is 0 Å². The number of benzene rings is 1. The fraction of sp³-hybridized carbons (Fsp3) is 0.526. The number of hydrogen-bond donors (Lipinski definition) is 1. The lowest BCUT2D eigenvalue weighted by Gasteiger charge is -2.31. The minimum atomic E-state index is -0.285. The average Bonchev–Trinajstić information content (AvgIpc) is 2.89. The van der Waals surface area contributed by atoms with E-state index in [1.807, 2.05) is 14.0 Å². The Hall–Kier alpha value is -1.92. The van der Waals surface area contributed by atoms with Crippen molar-refractivity contribution < 1.29 is 14.4 Å². The second-order valence-electron chi connectivity index (χ2n) is 6.77. The van der Waals surface area contributed by atoms with Crippen LogP contribution in [0.1, 0.15) is 63.7 Å². The van der Waals surface area contributed by atoms with Gasteiger partial charge in [0.25, 0.3) is 17.7 Å². The van der Waals surface area contributed by atoms with Crippen LogP contribution in [-0.4, -0.2) is 60.2 Å². The third-order valence-electron chi connectivity index (χ3n) is 5.13. The molecule has 2 aliphatic heterocycles. The van der Waals surface area contributed by atoms with Crippen LogP contribution in [0.4, 0.5) is 0 Å². The van der Waals surface area contributed by atoms with Gasteiger partial charge in [-0.1, -0.05) is 13.3 Å². The molecule has 2 heterocycles. The van der Waals surface area contributed by atoms with Crippen LogP contribution in [0.5, 0.6) is 0 Å². The van der Waals surface area contributed by atoms with E-state index in [2.05, 4.69) is 5.32 Å². The van der Waals surface area contributed by atoms with E-state index in [9.17, 15) is 14.4 Å². The molecular weight excluding hydrogens is 354 g/mol. The summed E-state index contributed by atoms with van der Waals surface area (Å²) in [6, 6.07) is 5.07. The summed E-state index contributed by atoms with van der Waals surface area (Å²) in [6.07, 6.45) is 3.55. The summed E-state index contributed by atoms with van der Waals surface area (Å²) in [5.41, 5.74) is 1.23. The van der Waals surface area contributed by atoms with Crippen LogP contribution in [-0.2, 0) is 0 Å². The monoisotopic (exact) mass is 379 g/mol. The number of halogens is 1. The predicted octanol–water partition coefficient (Wildman–Crippen LogP) is 2.33. The van der Waals surface area contributed by atoms with Gasteiger partial charge in [0.1, 0.15) is 0 Å². The highest BCUT2D eigenvalue weighted by atomic mass is 35.5. The highest BCUT2D eigenvalue weighted by Crippen LogP contribution is 2.25. The van der Waals surface area contributed by atoms with Crippen LogP contribution in [0, 0.1) is 0 Å². The maximum absolute atomic E-state index is 12.8. The topological polar surface area (TPSA) is 69.7 Å². The molecular formula is C19H26ClN3O3. The van der Waals surface area contributed by atoms with E-state index in [0.29, 0.717) is 23.2 Å². The molecule has 1 fully saturated rings. The first kappa shape index (κ1) is 20.4. The summed E-state index contributed by atoms with van der Waals surface area (Å²) < 4.78 is 0. The summed E-state index contributed by atoms with van der Waals surface area (Å²) in [5, 5.41) is 3.29. The standard InChI is InChI=1S/C19H25N3O3.ClH/c1-3-4-11-22-18(24)15-6-5-13(12-16(15)19(22)25)17(23)21(2)14-7-9-20-10-8-14;/h5-6,12,14,20H,3-4,7-11H2,1-2H3;1H.